The Balaban J connectivity index is 1.32. The molecule has 2 heterocycles. The normalized spacial score (nSPS) is 16.0. The first-order valence-electron chi connectivity index (χ1n) is 8.22. The second-order valence-corrected chi connectivity index (χ2v) is 5.87. The van der Waals surface area contributed by atoms with Crippen molar-refractivity contribution in [1.29, 1.82) is 0 Å². The average molecular weight is 339 g/mol. The Hall–Kier alpha value is -2.79. The van der Waals surface area contributed by atoms with Crippen molar-refractivity contribution >= 4 is 0 Å². The minimum atomic E-state index is -0.289. The molecule has 0 saturated carbocycles. The average Bonchev–Trinajstić information content (AvgIpc) is 3.11. The first-order chi connectivity index (χ1) is 12.3. The smallest absolute Gasteiger partial charge is 0.161 e. The van der Waals surface area contributed by atoms with E-state index < -0.39 is 0 Å². The van der Waals surface area contributed by atoms with Crippen molar-refractivity contribution in [2.24, 2.45) is 0 Å². The summed E-state index contributed by atoms with van der Waals surface area (Å²) in [5.74, 6) is 2.53. The van der Waals surface area contributed by atoms with E-state index in [2.05, 4.69) is 5.32 Å². The van der Waals surface area contributed by atoms with Gasteiger partial charge in [0, 0.05) is 6.54 Å². The number of halogens is 1. The molecule has 0 aliphatic carbocycles. The van der Waals surface area contributed by atoms with Crippen LogP contribution < -0.4 is 14.8 Å². The van der Waals surface area contributed by atoms with Crippen LogP contribution in [0, 0.1) is 5.82 Å². The summed E-state index contributed by atoms with van der Waals surface area (Å²) in [6.07, 6.45) is -0.0594. The van der Waals surface area contributed by atoms with Crippen LogP contribution in [0.5, 0.6) is 11.5 Å². The van der Waals surface area contributed by atoms with Crippen LogP contribution >= 0.6 is 0 Å². The lowest BCUT2D eigenvalue weighted by Gasteiger charge is -2.26. The van der Waals surface area contributed by atoms with Gasteiger partial charge in [-0.15, -0.1) is 0 Å². The van der Waals surface area contributed by atoms with E-state index in [0.717, 1.165) is 17.3 Å². The molecule has 4 nitrogen and oxygen atoms in total. The first kappa shape index (κ1) is 15.7. The van der Waals surface area contributed by atoms with E-state index in [-0.39, 0.29) is 11.9 Å². The lowest BCUT2D eigenvalue weighted by Crippen LogP contribution is -2.38. The topological polar surface area (TPSA) is 43.6 Å². The van der Waals surface area contributed by atoms with Gasteiger partial charge in [0.05, 0.1) is 12.1 Å². The Bertz CT molecular complexity index is 861. The van der Waals surface area contributed by atoms with Gasteiger partial charge < -0.3 is 19.2 Å². The molecule has 0 saturated heterocycles. The van der Waals surface area contributed by atoms with E-state index in [0.29, 0.717) is 31.0 Å². The SMILES string of the molecule is Fc1ccccc1-c1ccc(CNCC2COc3ccccc3O2)o1. The van der Waals surface area contributed by atoms with Gasteiger partial charge in [0.15, 0.2) is 11.5 Å². The molecule has 1 aliphatic heterocycles. The second-order valence-electron chi connectivity index (χ2n) is 5.87. The maximum absolute atomic E-state index is 13.8. The van der Waals surface area contributed by atoms with Crippen LogP contribution in [0.1, 0.15) is 5.76 Å². The van der Waals surface area contributed by atoms with E-state index in [4.69, 9.17) is 13.9 Å². The maximum atomic E-state index is 13.8. The van der Waals surface area contributed by atoms with Gasteiger partial charge >= 0.3 is 0 Å². The summed E-state index contributed by atoms with van der Waals surface area (Å²) < 4.78 is 31.1. The van der Waals surface area contributed by atoms with E-state index in [1.54, 1.807) is 24.3 Å². The number of benzene rings is 2. The van der Waals surface area contributed by atoms with Gasteiger partial charge in [-0.25, -0.2) is 4.39 Å². The van der Waals surface area contributed by atoms with Crippen LogP contribution in [-0.2, 0) is 6.54 Å². The largest absolute Gasteiger partial charge is 0.486 e. The zero-order chi connectivity index (χ0) is 17.1. The van der Waals surface area contributed by atoms with Gasteiger partial charge in [0.25, 0.3) is 0 Å². The lowest BCUT2D eigenvalue weighted by molar-refractivity contribution is 0.0899. The van der Waals surface area contributed by atoms with Crippen molar-refractivity contribution in [1.82, 2.24) is 5.32 Å². The highest BCUT2D eigenvalue weighted by Gasteiger charge is 2.20. The van der Waals surface area contributed by atoms with Crippen molar-refractivity contribution in [3.05, 3.63) is 72.2 Å². The summed E-state index contributed by atoms with van der Waals surface area (Å²) in [5, 5.41) is 3.29. The summed E-state index contributed by atoms with van der Waals surface area (Å²) in [6, 6.07) is 17.8. The summed E-state index contributed by atoms with van der Waals surface area (Å²) >= 11 is 0. The fourth-order valence-electron chi connectivity index (χ4n) is 2.80. The predicted molar refractivity (Wildman–Crippen MR) is 92.2 cm³/mol. The van der Waals surface area contributed by atoms with Crippen molar-refractivity contribution in [3.63, 3.8) is 0 Å². The molecule has 0 fully saturated rings. The number of furan rings is 1. The van der Waals surface area contributed by atoms with Gasteiger partial charge in [0.1, 0.15) is 30.0 Å². The third-order valence-corrected chi connectivity index (χ3v) is 4.04. The first-order valence-corrected chi connectivity index (χ1v) is 8.22. The highest BCUT2D eigenvalue weighted by atomic mass is 19.1. The quantitative estimate of drug-likeness (QED) is 0.763. The Kier molecular flexibility index (Phi) is 4.39. The summed E-state index contributed by atoms with van der Waals surface area (Å²) in [7, 11) is 0. The highest BCUT2D eigenvalue weighted by molar-refractivity contribution is 5.58. The van der Waals surface area contributed by atoms with Crippen LogP contribution in [0.3, 0.4) is 0 Å². The Labute approximate surface area is 145 Å². The Morgan fingerprint density at radius 3 is 2.64 bits per heavy atom. The molecular weight excluding hydrogens is 321 g/mol. The molecule has 0 amide bonds. The number of para-hydroxylation sites is 2. The standard InChI is InChI=1S/C20H18FNO3/c21-17-6-2-1-5-16(17)18-10-9-14(24-18)11-22-12-15-13-23-19-7-3-4-8-20(19)25-15/h1-10,15,22H,11-13H2. The predicted octanol–water partition coefficient (Wildman–Crippen LogP) is 4.02. The molecule has 0 bridgehead atoms. The third kappa shape index (κ3) is 3.51. The number of nitrogens with one attached hydrogen (secondary N) is 1. The molecule has 25 heavy (non-hydrogen) atoms. The zero-order valence-corrected chi connectivity index (χ0v) is 13.6. The minimum absolute atomic E-state index is 0.0594. The van der Waals surface area contributed by atoms with Crippen LogP contribution in [0.25, 0.3) is 11.3 Å². The van der Waals surface area contributed by atoms with Gasteiger partial charge in [-0.1, -0.05) is 24.3 Å². The number of hydrogen-bond donors (Lipinski definition) is 1. The molecule has 4 rings (SSSR count). The highest BCUT2D eigenvalue weighted by Crippen LogP contribution is 2.30. The van der Waals surface area contributed by atoms with Gasteiger partial charge in [-0.05, 0) is 36.4 Å². The molecule has 2 aromatic carbocycles. The Morgan fingerprint density at radius 1 is 0.960 bits per heavy atom. The summed E-state index contributed by atoms with van der Waals surface area (Å²) in [4.78, 5) is 0. The van der Waals surface area contributed by atoms with E-state index in [9.17, 15) is 4.39 Å². The zero-order valence-electron chi connectivity index (χ0n) is 13.6. The molecule has 1 atom stereocenters. The van der Waals surface area contributed by atoms with E-state index in [1.807, 2.05) is 30.3 Å². The molecule has 3 aromatic rings. The Morgan fingerprint density at radius 2 is 1.76 bits per heavy atom. The van der Waals surface area contributed by atoms with Crippen LogP contribution in [-0.4, -0.2) is 19.3 Å². The molecule has 0 radical (unpaired) electrons. The van der Waals surface area contributed by atoms with Crippen LogP contribution in [0.15, 0.2) is 65.1 Å². The molecule has 5 heteroatoms. The molecule has 1 N–H and O–H groups in total. The van der Waals surface area contributed by atoms with Crippen molar-refractivity contribution in [3.8, 4) is 22.8 Å². The number of fused-ring (bicyclic) bond motifs is 1. The van der Waals surface area contributed by atoms with Gasteiger partial charge in [-0.2, -0.15) is 0 Å². The van der Waals surface area contributed by atoms with E-state index in [1.165, 1.54) is 6.07 Å². The van der Waals surface area contributed by atoms with Crippen LogP contribution in [0.2, 0.25) is 0 Å². The monoisotopic (exact) mass is 339 g/mol. The van der Waals surface area contributed by atoms with Crippen molar-refractivity contribution in [2.45, 2.75) is 12.6 Å². The molecule has 1 aliphatic rings. The van der Waals surface area contributed by atoms with Crippen LogP contribution in [0.4, 0.5) is 4.39 Å². The number of ether oxygens (including phenoxy) is 2. The van der Waals surface area contributed by atoms with Gasteiger partial charge in [-0.3, -0.25) is 0 Å². The summed E-state index contributed by atoms with van der Waals surface area (Å²) in [6.45, 7) is 1.67. The minimum Gasteiger partial charge on any atom is -0.486 e. The molecule has 128 valence electrons. The molecule has 1 aromatic heterocycles. The molecule has 0 spiro atoms. The molecule has 1 unspecified atom stereocenters. The number of hydrogen-bond acceptors (Lipinski definition) is 4. The van der Waals surface area contributed by atoms with Crippen molar-refractivity contribution in [2.75, 3.05) is 13.2 Å². The van der Waals surface area contributed by atoms with Crippen molar-refractivity contribution < 1.29 is 18.3 Å². The number of rotatable bonds is 5. The summed E-state index contributed by atoms with van der Waals surface area (Å²) in [5.41, 5.74) is 0.467. The van der Waals surface area contributed by atoms with Gasteiger partial charge in [0.2, 0.25) is 0 Å². The fourth-order valence-corrected chi connectivity index (χ4v) is 2.80. The second kappa shape index (κ2) is 6.99. The molecular formula is C20H18FNO3. The fraction of sp³-hybridized carbons (Fsp3) is 0.200. The maximum Gasteiger partial charge on any atom is 0.161 e. The third-order valence-electron chi connectivity index (χ3n) is 4.04. The van der Waals surface area contributed by atoms with E-state index >= 15 is 0 Å². The lowest BCUT2D eigenvalue weighted by atomic mass is 10.1.